The van der Waals surface area contributed by atoms with E-state index in [1.807, 2.05) is 52.0 Å². The van der Waals surface area contributed by atoms with Gasteiger partial charge in [0.25, 0.3) is 10.0 Å². The summed E-state index contributed by atoms with van der Waals surface area (Å²) in [5, 5.41) is 3.34. The smallest absolute Gasteiger partial charge is 0.264 e. The fraction of sp³-hybridized carbons (Fsp3) is 0.333. The van der Waals surface area contributed by atoms with Crippen LogP contribution >= 0.6 is 11.6 Å². The molecule has 2 amide bonds. The number of aryl methyl sites for hydroxylation is 2. The molecule has 2 atom stereocenters. The van der Waals surface area contributed by atoms with E-state index in [2.05, 4.69) is 5.32 Å². The van der Waals surface area contributed by atoms with Gasteiger partial charge >= 0.3 is 0 Å². The molecular formula is C30H36ClN3O4S. The molecule has 9 heteroatoms. The Kier molecular flexibility index (Phi) is 10.2. The lowest BCUT2D eigenvalue weighted by atomic mass is 10.1. The Hall–Kier alpha value is -3.36. The molecule has 0 unspecified atom stereocenters. The maximum Gasteiger partial charge on any atom is 0.264 e. The zero-order valence-corrected chi connectivity index (χ0v) is 24.6. The van der Waals surface area contributed by atoms with Crippen LogP contribution in [0.25, 0.3) is 0 Å². The zero-order chi connectivity index (χ0) is 28.7. The molecule has 0 heterocycles. The van der Waals surface area contributed by atoms with Crippen molar-refractivity contribution >= 4 is 39.1 Å². The topological polar surface area (TPSA) is 86.8 Å². The summed E-state index contributed by atoms with van der Waals surface area (Å²) in [7, 11) is -4.13. The largest absolute Gasteiger partial charge is 0.352 e. The predicted molar refractivity (Wildman–Crippen MR) is 156 cm³/mol. The van der Waals surface area contributed by atoms with Gasteiger partial charge in [-0.25, -0.2) is 8.42 Å². The van der Waals surface area contributed by atoms with Crippen LogP contribution < -0.4 is 9.62 Å². The molecule has 0 fully saturated rings. The van der Waals surface area contributed by atoms with Gasteiger partial charge in [0.2, 0.25) is 11.8 Å². The summed E-state index contributed by atoms with van der Waals surface area (Å²) < 4.78 is 28.7. The summed E-state index contributed by atoms with van der Waals surface area (Å²) in [5.41, 5.74) is 3.15. The third-order valence-corrected chi connectivity index (χ3v) is 8.65. The summed E-state index contributed by atoms with van der Waals surface area (Å²) >= 11 is 5.99. The molecule has 0 radical (unpaired) electrons. The summed E-state index contributed by atoms with van der Waals surface area (Å²) in [6.07, 6.45) is 0.741. The molecule has 39 heavy (non-hydrogen) atoms. The fourth-order valence-electron chi connectivity index (χ4n) is 4.03. The van der Waals surface area contributed by atoms with Crippen LogP contribution in [-0.2, 0) is 26.2 Å². The first-order valence-electron chi connectivity index (χ1n) is 12.9. The summed E-state index contributed by atoms with van der Waals surface area (Å²) in [5.74, 6) is -0.797. The van der Waals surface area contributed by atoms with Gasteiger partial charge in [-0.1, -0.05) is 66.0 Å². The third-order valence-electron chi connectivity index (χ3n) is 6.61. The number of hydrogen-bond acceptors (Lipinski definition) is 4. The van der Waals surface area contributed by atoms with Crippen LogP contribution in [0.1, 0.15) is 43.9 Å². The number of halogens is 1. The summed E-state index contributed by atoms with van der Waals surface area (Å²) in [4.78, 5) is 28.5. The second-order valence-corrected chi connectivity index (χ2v) is 12.1. The van der Waals surface area contributed by atoms with Crippen LogP contribution in [0.15, 0.2) is 77.7 Å². The lowest BCUT2D eigenvalue weighted by molar-refractivity contribution is -0.139. The number of carbonyl (C=O) groups is 2. The highest BCUT2D eigenvalue weighted by Gasteiger charge is 2.32. The first-order chi connectivity index (χ1) is 18.4. The van der Waals surface area contributed by atoms with E-state index in [-0.39, 0.29) is 23.4 Å². The molecule has 0 aliphatic heterocycles. The maximum absolute atomic E-state index is 13.9. The number of nitrogens with zero attached hydrogens (tertiary/aromatic N) is 2. The van der Waals surface area contributed by atoms with Gasteiger partial charge in [-0.15, -0.1) is 0 Å². The minimum atomic E-state index is -4.13. The molecule has 0 aliphatic rings. The van der Waals surface area contributed by atoms with E-state index in [1.54, 1.807) is 31.2 Å². The van der Waals surface area contributed by atoms with Crippen molar-refractivity contribution in [3.63, 3.8) is 0 Å². The number of hydrogen-bond donors (Lipinski definition) is 1. The van der Waals surface area contributed by atoms with Crippen LogP contribution in [0.2, 0.25) is 5.02 Å². The van der Waals surface area contributed by atoms with Crippen LogP contribution in [0.4, 0.5) is 5.69 Å². The first kappa shape index (κ1) is 30.2. The van der Waals surface area contributed by atoms with Crippen molar-refractivity contribution in [2.75, 3.05) is 10.8 Å². The number of nitrogens with one attached hydrogen (secondary N) is 1. The number of carbonyl (C=O) groups excluding carboxylic acids is 2. The highest BCUT2D eigenvalue weighted by atomic mass is 35.5. The number of benzene rings is 3. The fourth-order valence-corrected chi connectivity index (χ4v) is 5.57. The minimum absolute atomic E-state index is 0.00747. The van der Waals surface area contributed by atoms with E-state index in [0.29, 0.717) is 10.7 Å². The molecule has 0 saturated heterocycles. The molecule has 0 saturated carbocycles. The van der Waals surface area contributed by atoms with Gasteiger partial charge in [-0.3, -0.25) is 13.9 Å². The Bertz CT molecular complexity index is 1390. The van der Waals surface area contributed by atoms with Crippen molar-refractivity contribution in [3.8, 4) is 0 Å². The second kappa shape index (κ2) is 13.1. The van der Waals surface area contributed by atoms with Crippen molar-refractivity contribution in [1.82, 2.24) is 10.2 Å². The van der Waals surface area contributed by atoms with E-state index in [9.17, 15) is 18.0 Å². The maximum atomic E-state index is 13.9. The number of amides is 2. The van der Waals surface area contributed by atoms with Gasteiger partial charge in [-0.2, -0.15) is 0 Å². The molecule has 0 aliphatic carbocycles. The molecule has 3 rings (SSSR count). The highest BCUT2D eigenvalue weighted by Crippen LogP contribution is 2.26. The summed E-state index contributed by atoms with van der Waals surface area (Å²) in [6, 6.07) is 19.5. The molecule has 208 valence electrons. The Balaban J connectivity index is 2.02. The lowest BCUT2D eigenvalue weighted by Gasteiger charge is -2.32. The Morgan fingerprint density at radius 1 is 0.923 bits per heavy atom. The van der Waals surface area contributed by atoms with Gasteiger partial charge in [0.15, 0.2) is 0 Å². The van der Waals surface area contributed by atoms with E-state index in [1.165, 1.54) is 29.2 Å². The SMILES string of the molecule is CC[C@@H](C)NC(=O)[C@@H](C)N(Cc1cccc(C)c1)C(=O)CN(c1ccc(C)cc1)S(=O)(=O)c1ccc(Cl)cc1. The normalized spacial score (nSPS) is 12.9. The van der Waals surface area contributed by atoms with Crippen molar-refractivity contribution in [3.05, 3.63) is 94.5 Å². The quantitative estimate of drug-likeness (QED) is 0.331. The van der Waals surface area contributed by atoms with Gasteiger partial charge < -0.3 is 10.2 Å². The zero-order valence-electron chi connectivity index (χ0n) is 23.0. The second-order valence-electron chi connectivity index (χ2n) is 9.81. The van der Waals surface area contributed by atoms with E-state index < -0.39 is 28.5 Å². The predicted octanol–water partition coefficient (Wildman–Crippen LogP) is 5.48. The van der Waals surface area contributed by atoms with Crippen LogP contribution in [0, 0.1) is 13.8 Å². The lowest BCUT2D eigenvalue weighted by Crippen LogP contribution is -2.52. The van der Waals surface area contributed by atoms with Crippen molar-refractivity contribution in [2.24, 2.45) is 0 Å². The number of anilines is 1. The van der Waals surface area contributed by atoms with E-state index in [0.717, 1.165) is 27.4 Å². The molecule has 1 N–H and O–H groups in total. The summed E-state index contributed by atoms with van der Waals surface area (Å²) in [6.45, 7) is 9.04. The van der Waals surface area contributed by atoms with Crippen molar-refractivity contribution < 1.29 is 18.0 Å². The molecular weight excluding hydrogens is 534 g/mol. The molecule has 3 aromatic carbocycles. The standard InChI is InChI=1S/C30H36ClN3O4S/c1-6-23(4)32-30(36)24(5)33(19-25-9-7-8-22(3)18-25)29(35)20-34(27-14-10-21(2)11-15-27)39(37,38)28-16-12-26(31)13-17-28/h7-18,23-24H,6,19-20H2,1-5H3,(H,32,36)/t23-,24-/m1/s1. The number of sulfonamides is 1. The van der Waals surface area contributed by atoms with Crippen molar-refractivity contribution in [2.45, 2.75) is 64.6 Å². The van der Waals surface area contributed by atoms with Crippen LogP contribution in [-0.4, -0.2) is 43.8 Å². The van der Waals surface area contributed by atoms with Gasteiger partial charge in [-0.05, 0) is 76.1 Å². The molecule has 0 spiro atoms. The highest BCUT2D eigenvalue weighted by molar-refractivity contribution is 7.92. The minimum Gasteiger partial charge on any atom is -0.352 e. The van der Waals surface area contributed by atoms with Gasteiger partial charge in [0.05, 0.1) is 10.6 Å². The average molecular weight is 570 g/mol. The Labute approximate surface area is 236 Å². The molecule has 7 nitrogen and oxygen atoms in total. The monoisotopic (exact) mass is 569 g/mol. The molecule has 3 aromatic rings. The average Bonchev–Trinajstić information content (AvgIpc) is 2.90. The van der Waals surface area contributed by atoms with E-state index in [4.69, 9.17) is 11.6 Å². The molecule has 0 bridgehead atoms. The van der Waals surface area contributed by atoms with Crippen LogP contribution in [0.3, 0.4) is 0 Å². The first-order valence-corrected chi connectivity index (χ1v) is 14.7. The Morgan fingerprint density at radius 3 is 2.15 bits per heavy atom. The molecule has 0 aromatic heterocycles. The van der Waals surface area contributed by atoms with Crippen molar-refractivity contribution in [1.29, 1.82) is 0 Å². The van der Waals surface area contributed by atoms with Crippen LogP contribution in [0.5, 0.6) is 0 Å². The van der Waals surface area contributed by atoms with Gasteiger partial charge in [0.1, 0.15) is 12.6 Å². The van der Waals surface area contributed by atoms with E-state index >= 15 is 0 Å². The number of rotatable bonds is 11. The Morgan fingerprint density at radius 2 is 1.56 bits per heavy atom. The third kappa shape index (κ3) is 7.83. The van der Waals surface area contributed by atoms with Gasteiger partial charge in [0, 0.05) is 17.6 Å².